The predicted octanol–water partition coefficient (Wildman–Crippen LogP) is 2.90. The van der Waals surface area contributed by atoms with Gasteiger partial charge in [0.1, 0.15) is 5.75 Å². The fourth-order valence-corrected chi connectivity index (χ4v) is 2.39. The summed E-state index contributed by atoms with van der Waals surface area (Å²) >= 11 is 0. The molecular formula is C16H27NO2. The molecule has 0 spiro atoms. The Kier molecular flexibility index (Phi) is 5.83. The number of hydrogen-bond acceptors (Lipinski definition) is 3. The lowest BCUT2D eigenvalue weighted by Crippen LogP contribution is -2.51. The SMILES string of the molecule is Cc1ccc(OC(C)CC(C)(CO)NC(C)C)cc1. The summed E-state index contributed by atoms with van der Waals surface area (Å²) in [7, 11) is 0. The predicted molar refractivity (Wildman–Crippen MR) is 79.6 cm³/mol. The summed E-state index contributed by atoms with van der Waals surface area (Å²) in [5.74, 6) is 0.878. The second-order valence-corrected chi connectivity index (χ2v) is 5.96. The second-order valence-electron chi connectivity index (χ2n) is 5.96. The van der Waals surface area contributed by atoms with Crippen molar-refractivity contribution in [2.24, 2.45) is 0 Å². The van der Waals surface area contributed by atoms with E-state index >= 15 is 0 Å². The van der Waals surface area contributed by atoms with E-state index in [-0.39, 0.29) is 18.2 Å². The first kappa shape index (κ1) is 16.0. The fourth-order valence-electron chi connectivity index (χ4n) is 2.39. The minimum atomic E-state index is -0.307. The van der Waals surface area contributed by atoms with Crippen LogP contribution in [0.3, 0.4) is 0 Å². The maximum Gasteiger partial charge on any atom is 0.119 e. The quantitative estimate of drug-likeness (QED) is 0.796. The van der Waals surface area contributed by atoms with E-state index in [1.165, 1.54) is 5.56 Å². The third-order valence-corrected chi connectivity index (χ3v) is 3.08. The molecule has 1 aromatic carbocycles. The zero-order valence-corrected chi connectivity index (χ0v) is 12.7. The number of aryl methyl sites for hydroxylation is 1. The van der Waals surface area contributed by atoms with E-state index in [9.17, 15) is 5.11 Å². The van der Waals surface area contributed by atoms with Crippen molar-refractivity contribution in [1.82, 2.24) is 5.32 Å². The number of hydrogen-bond donors (Lipinski definition) is 2. The van der Waals surface area contributed by atoms with Crippen molar-refractivity contribution < 1.29 is 9.84 Å². The standard InChI is InChI=1S/C16H27NO2/c1-12(2)17-16(5,11-18)10-14(4)19-15-8-6-13(3)7-9-15/h6-9,12,14,17-18H,10-11H2,1-5H3. The summed E-state index contributed by atoms with van der Waals surface area (Å²) in [6, 6.07) is 8.39. The van der Waals surface area contributed by atoms with Crippen LogP contribution in [0, 0.1) is 6.92 Å². The van der Waals surface area contributed by atoms with Gasteiger partial charge in [0, 0.05) is 18.0 Å². The molecule has 1 aromatic rings. The Bertz CT molecular complexity index is 375. The molecule has 0 fully saturated rings. The largest absolute Gasteiger partial charge is 0.491 e. The number of aliphatic hydroxyl groups excluding tert-OH is 1. The first-order valence-corrected chi connectivity index (χ1v) is 6.96. The summed E-state index contributed by atoms with van der Waals surface area (Å²) in [6.45, 7) is 10.4. The van der Waals surface area contributed by atoms with E-state index in [1.807, 2.05) is 38.1 Å². The highest BCUT2D eigenvalue weighted by atomic mass is 16.5. The zero-order chi connectivity index (χ0) is 14.5. The second kappa shape index (κ2) is 6.92. The molecule has 108 valence electrons. The van der Waals surface area contributed by atoms with Gasteiger partial charge in [-0.3, -0.25) is 0 Å². The van der Waals surface area contributed by atoms with Gasteiger partial charge in [-0.25, -0.2) is 0 Å². The molecule has 3 nitrogen and oxygen atoms in total. The molecule has 1 rings (SSSR count). The average molecular weight is 265 g/mol. The Hall–Kier alpha value is -1.06. The molecule has 2 unspecified atom stereocenters. The van der Waals surface area contributed by atoms with Gasteiger partial charge in [-0.05, 0) is 32.9 Å². The van der Waals surface area contributed by atoms with Crippen molar-refractivity contribution >= 4 is 0 Å². The molecule has 2 N–H and O–H groups in total. The van der Waals surface area contributed by atoms with Gasteiger partial charge < -0.3 is 15.2 Å². The first-order chi connectivity index (χ1) is 8.84. The number of rotatable bonds is 7. The zero-order valence-electron chi connectivity index (χ0n) is 12.7. The molecule has 0 aliphatic heterocycles. The highest BCUT2D eigenvalue weighted by molar-refractivity contribution is 5.26. The van der Waals surface area contributed by atoms with Crippen LogP contribution in [-0.2, 0) is 0 Å². The lowest BCUT2D eigenvalue weighted by molar-refractivity contribution is 0.104. The van der Waals surface area contributed by atoms with Gasteiger partial charge in [0.2, 0.25) is 0 Å². The lowest BCUT2D eigenvalue weighted by atomic mass is 9.94. The van der Waals surface area contributed by atoms with Crippen LogP contribution in [-0.4, -0.2) is 29.4 Å². The summed E-state index contributed by atoms with van der Waals surface area (Å²) in [6.07, 6.45) is 0.807. The molecule has 0 saturated carbocycles. The highest BCUT2D eigenvalue weighted by Gasteiger charge is 2.27. The van der Waals surface area contributed by atoms with Gasteiger partial charge in [0.05, 0.1) is 12.7 Å². The van der Waals surface area contributed by atoms with Crippen LogP contribution in [0.25, 0.3) is 0 Å². The van der Waals surface area contributed by atoms with Gasteiger partial charge in [-0.2, -0.15) is 0 Å². The molecule has 0 amide bonds. The Morgan fingerprint density at radius 2 is 1.79 bits per heavy atom. The third kappa shape index (κ3) is 5.62. The van der Waals surface area contributed by atoms with Gasteiger partial charge in [-0.15, -0.1) is 0 Å². The van der Waals surface area contributed by atoms with Gasteiger partial charge in [0.25, 0.3) is 0 Å². The maximum absolute atomic E-state index is 9.57. The van der Waals surface area contributed by atoms with Crippen molar-refractivity contribution in [3.05, 3.63) is 29.8 Å². The summed E-state index contributed by atoms with van der Waals surface area (Å²) in [5, 5.41) is 13.0. The summed E-state index contributed by atoms with van der Waals surface area (Å²) in [5.41, 5.74) is 0.917. The average Bonchev–Trinajstić information content (AvgIpc) is 2.31. The summed E-state index contributed by atoms with van der Waals surface area (Å²) < 4.78 is 5.90. The molecule has 0 aliphatic carbocycles. The van der Waals surface area contributed by atoms with Crippen molar-refractivity contribution in [2.75, 3.05) is 6.61 Å². The Balaban J connectivity index is 2.57. The van der Waals surface area contributed by atoms with Crippen LogP contribution in [0.4, 0.5) is 0 Å². The number of ether oxygens (including phenoxy) is 1. The van der Waals surface area contributed by atoms with E-state index in [4.69, 9.17) is 4.74 Å². The maximum atomic E-state index is 9.57. The monoisotopic (exact) mass is 265 g/mol. The minimum absolute atomic E-state index is 0.0473. The molecule has 2 atom stereocenters. The Morgan fingerprint density at radius 3 is 2.26 bits per heavy atom. The van der Waals surface area contributed by atoms with E-state index in [1.54, 1.807) is 0 Å². The van der Waals surface area contributed by atoms with Crippen LogP contribution in [0.15, 0.2) is 24.3 Å². The van der Waals surface area contributed by atoms with Crippen LogP contribution in [0.2, 0.25) is 0 Å². The molecule has 0 bridgehead atoms. The highest BCUT2D eigenvalue weighted by Crippen LogP contribution is 2.19. The molecule has 0 heterocycles. The fraction of sp³-hybridized carbons (Fsp3) is 0.625. The van der Waals surface area contributed by atoms with Crippen LogP contribution < -0.4 is 10.1 Å². The number of nitrogens with one attached hydrogen (secondary N) is 1. The third-order valence-electron chi connectivity index (χ3n) is 3.08. The number of benzene rings is 1. The van der Waals surface area contributed by atoms with Crippen molar-refractivity contribution in [3.8, 4) is 5.75 Å². The number of aliphatic hydroxyl groups is 1. The van der Waals surface area contributed by atoms with E-state index < -0.39 is 0 Å². The van der Waals surface area contributed by atoms with Gasteiger partial charge in [-0.1, -0.05) is 31.5 Å². The van der Waals surface area contributed by atoms with Crippen molar-refractivity contribution in [3.63, 3.8) is 0 Å². The van der Waals surface area contributed by atoms with Crippen molar-refractivity contribution in [2.45, 2.75) is 58.7 Å². The van der Waals surface area contributed by atoms with Crippen LogP contribution in [0.5, 0.6) is 5.75 Å². The minimum Gasteiger partial charge on any atom is -0.491 e. The van der Waals surface area contributed by atoms with Crippen LogP contribution >= 0.6 is 0 Å². The smallest absolute Gasteiger partial charge is 0.119 e. The molecular weight excluding hydrogens is 238 g/mol. The normalized spacial score (nSPS) is 16.2. The summed E-state index contributed by atoms with van der Waals surface area (Å²) in [4.78, 5) is 0. The van der Waals surface area contributed by atoms with Crippen molar-refractivity contribution in [1.29, 1.82) is 0 Å². The topological polar surface area (TPSA) is 41.5 Å². The van der Waals surface area contributed by atoms with E-state index in [0.717, 1.165) is 12.2 Å². The molecule has 0 saturated heterocycles. The van der Waals surface area contributed by atoms with Crippen LogP contribution in [0.1, 0.15) is 39.7 Å². The van der Waals surface area contributed by atoms with Gasteiger partial charge in [0.15, 0.2) is 0 Å². The Labute approximate surface area is 117 Å². The van der Waals surface area contributed by atoms with E-state index in [2.05, 4.69) is 26.1 Å². The molecule has 19 heavy (non-hydrogen) atoms. The molecule has 0 aromatic heterocycles. The molecule has 0 aliphatic rings. The molecule has 0 radical (unpaired) electrons. The first-order valence-electron chi connectivity index (χ1n) is 6.96. The van der Waals surface area contributed by atoms with E-state index in [0.29, 0.717) is 6.04 Å². The van der Waals surface area contributed by atoms with Gasteiger partial charge >= 0.3 is 0 Å². The Morgan fingerprint density at radius 1 is 1.21 bits per heavy atom. The lowest BCUT2D eigenvalue weighted by Gasteiger charge is -2.33. The molecule has 3 heteroatoms.